The van der Waals surface area contributed by atoms with Crippen molar-refractivity contribution in [2.24, 2.45) is 5.92 Å². The van der Waals surface area contributed by atoms with Gasteiger partial charge in [-0.15, -0.1) is 11.3 Å². The summed E-state index contributed by atoms with van der Waals surface area (Å²) in [6.45, 7) is 8.34. The van der Waals surface area contributed by atoms with Crippen LogP contribution in [0.5, 0.6) is 0 Å². The highest BCUT2D eigenvalue weighted by atomic mass is 32.1. The molecule has 3 aromatic heterocycles. The van der Waals surface area contributed by atoms with E-state index in [2.05, 4.69) is 33.4 Å². The maximum absolute atomic E-state index is 15.0. The second kappa shape index (κ2) is 8.43. The number of piperidine rings is 1. The average Bonchev–Trinajstić information content (AvgIpc) is 3.25. The van der Waals surface area contributed by atoms with Crippen molar-refractivity contribution in [2.45, 2.75) is 26.2 Å². The van der Waals surface area contributed by atoms with Crippen LogP contribution < -0.4 is 9.80 Å². The molecule has 0 spiro atoms. The number of fused-ring (bicyclic) bond motifs is 1. The lowest BCUT2D eigenvalue weighted by Gasteiger charge is -2.33. The number of carbonyl (C=O) groups excluding carboxylic acids is 1. The van der Waals surface area contributed by atoms with Gasteiger partial charge in [0.05, 0.1) is 23.1 Å². The van der Waals surface area contributed by atoms with Crippen molar-refractivity contribution in [3.8, 4) is 10.6 Å². The van der Waals surface area contributed by atoms with E-state index in [0.29, 0.717) is 40.1 Å². The third kappa shape index (κ3) is 3.79. The van der Waals surface area contributed by atoms with Crippen LogP contribution in [0, 0.1) is 11.9 Å². The Morgan fingerprint density at radius 2 is 2.00 bits per heavy atom. The van der Waals surface area contributed by atoms with Crippen LogP contribution in [-0.4, -0.2) is 40.5 Å². The summed E-state index contributed by atoms with van der Waals surface area (Å²) in [5.74, 6) is 0.507. The van der Waals surface area contributed by atoms with Crippen LogP contribution in [0.15, 0.2) is 48.8 Å². The van der Waals surface area contributed by atoms with Crippen LogP contribution in [-0.2, 0) is 6.42 Å². The van der Waals surface area contributed by atoms with Gasteiger partial charge in [0.25, 0.3) is 5.91 Å². The van der Waals surface area contributed by atoms with Gasteiger partial charge in [0.15, 0.2) is 0 Å². The predicted molar refractivity (Wildman–Crippen MR) is 125 cm³/mol. The van der Waals surface area contributed by atoms with Crippen molar-refractivity contribution in [3.05, 3.63) is 65.3 Å². The number of anilines is 2. The number of hydrogen-bond acceptors (Lipinski definition) is 6. The highest BCUT2D eigenvalue weighted by Gasteiger charge is 2.30. The van der Waals surface area contributed by atoms with Crippen molar-refractivity contribution in [1.82, 2.24) is 15.0 Å². The van der Waals surface area contributed by atoms with Gasteiger partial charge in [-0.2, -0.15) is 4.39 Å². The molecule has 0 aromatic carbocycles. The Balaban J connectivity index is 1.37. The summed E-state index contributed by atoms with van der Waals surface area (Å²) in [5, 5.41) is 0.494. The molecule has 1 saturated heterocycles. The molecule has 0 bridgehead atoms. The molecule has 0 aliphatic carbocycles. The number of amides is 1. The topological polar surface area (TPSA) is 62.2 Å². The number of thiazole rings is 1. The molecule has 1 amide bonds. The minimum absolute atomic E-state index is 0.117. The monoisotopic (exact) mass is 449 g/mol. The van der Waals surface area contributed by atoms with Gasteiger partial charge >= 0.3 is 0 Å². The van der Waals surface area contributed by atoms with E-state index in [9.17, 15) is 4.79 Å². The highest BCUT2D eigenvalue weighted by molar-refractivity contribution is 7.17. The van der Waals surface area contributed by atoms with Crippen molar-refractivity contribution in [3.63, 3.8) is 0 Å². The maximum atomic E-state index is 15.0. The summed E-state index contributed by atoms with van der Waals surface area (Å²) in [4.78, 5) is 30.3. The third-order valence-corrected chi connectivity index (χ3v) is 7.37. The van der Waals surface area contributed by atoms with Gasteiger partial charge in [-0.05, 0) is 49.9 Å². The van der Waals surface area contributed by atoms with Crippen LogP contribution in [0.4, 0.5) is 15.9 Å². The second-order valence-corrected chi connectivity index (χ2v) is 9.33. The zero-order valence-electron chi connectivity index (χ0n) is 17.9. The molecule has 0 saturated carbocycles. The van der Waals surface area contributed by atoms with E-state index in [-0.39, 0.29) is 5.91 Å². The van der Waals surface area contributed by atoms with Gasteiger partial charge in [-0.25, -0.2) is 9.97 Å². The third-order valence-electron chi connectivity index (χ3n) is 6.25. The smallest absolute Gasteiger partial charge is 0.270 e. The van der Waals surface area contributed by atoms with E-state index in [1.165, 1.54) is 16.9 Å². The van der Waals surface area contributed by atoms with Gasteiger partial charge < -0.3 is 9.80 Å². The molecular weight excluding hydrogens is 425 g/mol. The lowest BCUT2D eigenvalue weighted by Crippen LogP contribution is -2.36. The van der Waals surface area contributed by atoms with E-state index in [1.54, 1.807) is 29.4 Å². The summed E-state index contributed by atoms with van der Waals surface area (Å²) in [5.41, 5.74) is 3.03. The number of rotatable bonds is 4. The predicted octanol–water partition coefficient (Wildman–Crippen LogP) is 4.73. The first-order valence-electron chi connectivity index (χ1n) is 10.8. The number of pyridine rings is 2. The first-order chi connectivity index (χ1) is 15.5. The Morgan fingerprint density at radius 3 is 2.69 bits per heavy atom. The Labute approximate surface area is 190 Å². The van der Waals surface area contributed by atoms with E-state index in [1.807, 2.05) is 12.1 Å². The quantitative estimate of drug-likeness (QED) is 0.426. The number of aromatic nitrogens is 3. The number of carbonyl (C=O) groups is 1. The molecule has 8 heteroatoms. The van der Waals surface area contributed by atoms with Gasteiger partial charge in [0.1, 0.15) is 15.7 Å². The molecule has 0 unspecified atom stereocenters. The minimum atomic E-state index is -0.549. The summed E-state index contributed by atoms with van der Waals surface area (Å²) < 4.78 is 15.0. The zero-order valence-corrected chi connectivity index (χ0v) is 18.7. The molecule has 5 rings (SSSR count). The van der Waals surface area contributed by atoms with Gasteiger partial charge in [0, 0.05) is 32.3 Å². The molecule has 0 atom stereocenters. The van der Waals surface area contributed by atoms with Crippen LogP contribution in [0.25, 0.3) is 10.6 Å². The van der Waals surface area contributed by atoms with Gasteiger partial charge in [-0.3, -0.25) is 9.78 Å². The highest BCUT2D eigenvalue weighted by Crippen LogP contribution is 2.35. The molecule has 0 N–H and O–H groups in total. The largest absolute Gasteiger partial charge is 0.356 e. The molecule has 0 radical (unpaired) electrons. The molecule has 32 heavy (non-hydrogen) atoms. The van der Waals surface area contributed by atoms with Gasteiger partial charge in [0.2, 0.25) is 5.95 Å². The second-order valence-electron chi connectivity index (χ2n) is 8.33. The first-order valence-corrected chi connectivity index (χ1v) is 11.6. The number of allylic oxidation sites excluding steroid dienone is 1. The molecule has 164 valence electrons. The first kappa shape index (κ1) is 20.8. The van der Waals surface area contributed by atoms with E-state index >= 15 is 4.39 Å². The number of hydrogen-bond donors (Lipinski definition) is 0. The van der Waals surface area contributed by atoms with Crippen molar-refractivity contribution in [2.75, 3.05) is 29.4 Å². The van der Waals surface area contributed by atoms with Crippen molar-refractivity contribution < 1.29 is 9.18 Å². The van der Waals surface area contributed by atoms with Gasteiger partial charge in [-0.1, -0.05) is 12.2 Å². The van der Waals surface area contributed by atoms with Crippen LogP contribution >= 0.6 is 11.3 Å². The fourth-order valence-corrected chi connectivity index (χ4v) is 5.44. The number of halogens is 1. The molecule has 2 aliphatic rings. The SMILES string of the molecule is C=C(C)C1CCN(c2ccc(-c3nc4c(s3)C(=O)N(c3cccnc3)CC4)c(F)n2)CC1. The number of nitrogens with zero attached hydrogens (tertiary/aromatic N) is 5. The molecule has 2 aliphatic heterocycles. The van der Waals surface area contributed by atoms with E-state index < -0.39 is 5.95 Å². The minimum Gasteiger partial charge on any atom is -0.356 e. The standard InChI is InChI=1S/C24H24FN5OS/c1-15(2)16-7-11-29(12-8-16)20-6-5-18(22(25)28-20)23-27-19-9-13-30(24(31)21(19)32-23)17-4-3-10-26-14-17/h3-6,10,14,16H,1,7-9,11-13H2,2H3. The summed E-state index contributed by atoms with van der Waals surface area (Å²) in [7, 11) is 0. The molecular formula is C24H24FN5OS. The molecule has 5 heterocycles. The Hall–Kier alpha value is -3.13. The van der Waals surface area contributed by atoms with Crippen LogP contribution in [0.2, 0.25) is 0 Å². The average molecular weight is 450 g/mol. The fraction of sp³-hybridized carbons (Fsp3) is 0.333. The maximum Gasteiger partial charge on any atom is 0.270 e. The fourth-order valence-electron chi connectivity index (χ4n) is 4.37. The summed E-state index contributed by atoms with van der Waals surface area (Å²) >= 11 is 1.23. The normalized spacial score (nSPS) is 16.9. The molecule has 1 fully saturated rings. The van der Waals surface area contributed by atoms with E-state index in [0.717, 1.165) is 37.3 Å². The Bertz CT molecular complexity index is 1170. The summed E-state index contributed by atoms with van der Waals surface area (Å²) in [6, 6.07) is 7.25. The van der Waals surface area contributed by atoms with Crippen molar-refractivity contribution in [1.29, 1.82) is 0 Å². The summed E-state index contributed by atoms with van der Waals surface area (Å²) in [6.07, 6.45) is 5.99. The molecule has 3 aromatic rings. The lowest BCUT2D eigenvalue weighted by atomic mass is 9.91. The Morgan fingerprint density at radius 1 is 1.19 bits per heavy atom. The lowest BCUT2D eigenvalue weighted by molar-refractivity contribution is 0.0984. The molecule has 6 nitrogen and oxygen atoms in total. The Kier molecular flexibility index (Phi) is 5.46. The van der Waals surface area contributed by atoms with Crippen molar-refractivity contribution >= 4 is 28.7 Å². The van der Waals surface area contributed by atoms with E-state index in [4.69, 9.17) is 0 Å². The van der Waals surface area contributed by atoms with Crippen LogP contribution in [0.1, 0.15) is 35.1 Å². The zero-order chi connectivity index (χ0) is 22.2. The van der Waals surface area contributed by atoms with Crippen LogP contribution in [0.3, 0.4) is 0 Å².